The Bertz CT molecular complexity index is 1030. The molecule has 134 valence electrons. The van der Waals surface area contributed by atoms with Gasteiger partial charge in [0.2, 0.25) is 0 Å². The maximum atomic E-state index is 12.6. The van der Waals surface area contributed by atoms with Crippen molar-refractivity contribution in [1.29, 1.82) is 0 Å². The Morgan fingerprint density at radius 1 is 1.31 bits per heavy atom. The van der Waals surface area contributed by atoms with Crippen LogP contribution in [0.25, 0.3) is 26.5 Å². The normalized spacial score (nSPS) is 15.3. The molecule has 7 heteroatoms. The van der Waals surface area contributed by atoms with Crippen LogP contribution in [0, 0.1) is 0 Å². The zero-order valence-electron chi connectivity index (χ0n) is 14.7. The first-order valence-corrected chi connectivity index (χ1v) is 11.6. The van der Waals surface area contributed by atoms with E-state index in [1.165, 1.54) is 5.57 Å². The predicted octanol–water partition coefficient (Wildman–Crippen LogP) is 5.53. The van der Waals surface area contributed by atoms with Crippen LogP contribution in [-0.4, -0.2) is 25.6 Å². The van der Waals surface area contributed by atoms with Gasteiger partial charge in [-0.1, -0.05) is 13.3 Å². The molecule has 1 unspecified atom stereocenters. The van der Waals surface area contributed by atoms with E-state index < -0.39 is 10.8 Å². The number of thiophene rings is 1. The van der Waals surface area contributed by atoms with Gasteiger partial charge in [-0.3, -0.25) is 9.20 Å². The summed E-state index contributed by atoms with van der Waals surface area (Å²) in [5.41, 5.74) is 4.32. The minimum absolute atomic E-state index is 0.711. The van der Waals surface area contributed by atoms with E-state index in [9.17, 15) is 4.21 Å². The molecule has 0 fully saturated rings. The summed E-state index contributed by atoms with van der Waals surface area (Å²) in [6.07, 6.45) is 6.62. The molecule has 0 N–H and O–H groups in total. The molecule has 0 saturated carbocycles. The molecule has 0 radical (unpaired) electrons. The van der Waals surface area contributed by atoms with Crippen molar-refractivity contribution in [2.45, 2.75) is 37.3 Å². The molecular formula is C19H19N3OS3. The molecule has 4 nitrogen and oxygen atoms in total. The molecule has 0 aromatic carbocycles. The molecule has 0 spiro atoms. The molecule has 1 aliphatic heterocycles. The van der Waals surface area contributed by atoms with Crippen molar-refractivity contribution in [3.63, 3.8) is 0 Å². The summed E-state index contributed by atoms with van der Waals surface area (Å²) in [6.45, 7) is 4.17. The number of nitrogens with zero attached hydrogens (tertiary/aromatic N) is 3. The molecule has 3 aromatic rings. The van der Waals surface area contributed by atoms with Gasteiger partial charge in [0.25, 0.3) is 0 Å². The maximum absolute atomic E-state index is 12.6. The number of fused-ring (bicyclic) bond motifs is 1. The highest BCUT2D eigenvalue weighted by molar-refractivity contribution is 7.87. The van der Waals surface area contributed by atoms with E-state index >= 15 is 0 Å². The van der Waals surface area contributed by atoms with Gasteiger partial charge in [-0.15, -0.1) is 22.7 Å². The van der Waals surface area contributed by atoms with E-state index in [-0.39, 0.29) is 0 Å². The second-order valence-electron chi connectivity index (χ2n) is 6.28. The topological polar surface area (TPSA) is 55.2 Å². The number of rotatable bonds is 6. The van der Waals surface area contributed by atoms with Crippen molar-refractivity contribution in [2.75, 3.05) is 5.75 Å². The molecule has 3 aromatic heterocycles. The lowest BCUT2D eigenvalue weighted by atomic mass is 10.0. The van der Waals surface area contributed by atoms with Gasteiger partial charge in [0.15, 0.2) is 0 Å². The summed E-state index contributed by atoms with van der Waals surface area (Å²) >= 11 is 3.13. The molecule has 1 aliphatic rings. The lowest BCUT2D eigenvalue weighted by molar-refractivity contribution is 0.681. The summed E-state index contributed by atoms with van der Waals surface area (Å²) in [4.78, 5) is 14.6. The van der Waals surface area contributed by atoms with Crippen molar-refractivity contribution < 1.29 is 4.21 Å². The molecule has 1 atom stereocenters. The third-order valence-electron chi connectivity index (χ3n) is 4.28. The first kappa shape index (κ1) is 17.7. The highest BCUT2D eigenvalue weighted by Crippen LogP contribution is 2.37. The van der Waals surface area contributed by atoms with Crippen molar-refractivity contribution in [3.8, 4) is 10.7 Å². The van der Waals surface area contributed by atoms with E-state index in [0.717, 1.165) is 55.7 Å². The first-order chi connectivity index (χ1) is 12.7. The van der Waals surface area contributed by atoms with Crippen LogP contribution in [0.15, 0.2) is 39.1 Å². The highest BCUT2D eigenvalue weighted by atomic mass is 32.2. The highest BCUT2D eigenvalue weighted by Gasteiger charge is 2.19. The van der Waals surface area contributed by atoms with Crippen LogP contribution in [0.4, 0.5) is 0 Å². The number of allylic oxidation sites excluding steroid dienone is 1. The van der Waals surface area contributed by atoms with Crippen LogP contribution in [0.3, 0.4) is 0 Å². The summed E-state index contributed by atoms with van der Waals surface area (Å²) in [7, 11) is -0.959. The third-order valence-corrected chi connectivity index (χ3v) is 7.93. The quantitative estimate of drug-likeness (QED) is 0.545. The van der Waals surface area contributed by atoms with E-state index in [1.54, 1.807) is 28.9 Å². The van der Waals surface area contributed by atoms with Crippen LogP contribution in [0.2, 0.25) is 0 Å². The first-order valence-electron chi connectivity index (χ1n) is 8.61. The summed E-state index contributed by atoms with van der Waals surface area (Å²) in [5, 5.41) is 3.94. The Balaban J connectivity index is 1.83. The lowest BCUT2D eigenvalue weighted by Crippen LogP contribution is -1.94. The van der Waals surface area contributed by atoms with Crippen molar-refractivity contribution in [2.24, 2.45) is 4.99 Å². The molecule has 4 rings (SSSR count). The minimum atomic E-state index is -0.959. The second-order valence-corrected chi connectivity index (χ2v) is 10.00. The van der Waals surface area contributed by atoms with Gasteiger partial charge in [-0.05, 0) is 36.6 Å². The van der Waals surface area contributed by atoms with Crippen LogP contribution in [0.5, 0.6) is 0 Å². The Morgan fingerprint density at radius 2 is 2.19 bits per heavy atom. The van der Waals surface area contributed by atoms with Gasteiger partial charge < -0.3 is 0 Å². The SMILES string of the molecule is CCCCS(=O)c1cc2c(C3=CN=C(C)C3)cc(-c3nccs3)nc2s1. The predicted molar refractivity (Wildman–Crippen MR) is 113 cm³/mol. The second kappa shape index (κ2) is 7.50. The van der Waals surface area contributed by atoms with Crippen LogP contribution in [-0.2, 0) is 10.8 Å². The lowest BCUT2D eigenvalue weighted by Gasteiger charge is -2.06. The van der Waals surface area contributed by atoms with E-state index in [1.807, 2.05) is 18.5 Å². The smallest absolute Gasteiger partial charge is 0.141 e. The zero-order valence-corrected chi connectivity index (χ0v) is 17.1. The van der Waals surface area contributed by atoms with Gasteiger partial charge >= 0.3 is 0 Å². The number of pyridine rings is 1. The Hall–Kier alpha value is -1.70. The average Bonchev–Trinajstić information content (AvgIpc) is 3.38. The number of aromatic nitrogens is 2. The fourth-order valence-electron chi connectivity index (χ4n) is 2.92. The number of hydrogen-bond acceptors (Lipinski definition) is 6. The standard InChI is InChI=1S/C19H19N3OS3/c1-3-4-7-26(23)17-10-15-14(13-8-12(2)21-11-13)9-16(22-18(15)25-17)19-20-5-6-24-19/h5-6,9-11H,3-4,7-8H2,1-2H3. The third kappa shape index (κ3) is 3.43. The van der Waals surface area contributed by atoms with Crippen molar-refractivity contribution in [3.05, 3.63) is 35.5 Å². The summed E-state index contributed by atoms with van der Waals surface area (Å²) < 4.78 is 13.5. The molecule has 0 aliphatic carbocycles. The molecule has 26 heavy (non-hydrogen) atoms. The monoisotopic (exact) mass is 401 g/mol. The van der Waals surface area contributed by atoms with E-state index in [2.05, 4.69) is 29.0 Å². The fraction of sp³-hybridized carbons (Fsp3) is 0.316. The summed E-state index contributed by atoms with van der Waals surface area (Å²) in [6, 6.07) is 4.17. The van der Waals surface area contributed by atoms with Gasteiger partial charge in [0.1, 0.15) is 15.5 Å². The number of unbranched alkanes of at least 4 members (excludes halogenated alkanes) is 1. The maximum Gasteiger partial charge on any atom is 0.141 e. The fourth-order valence-corrected chi connectivity index (χ4v) is 6.17. The van der Waals surface area contributed by atoms with Gasteiger partial charge in [0, 0.05) is 41.0 Å². The Morgan fingerprint density at radius 3 is 2.88 bits per heavy atom. The van der Waals surface area contributed by atoms with Crippen molar-refractivity contribution >= 4 is 55.0 Å². The molecule has 4 heterocycles. The van der Waals surface area contributed by atoms with E-state index in [4.69, 9.17) is 4.98 Å². The van der Waals surface area contributed by atoms with Crippen LogP contribution in [0.1, 0.15) is 38.7 Å². The molecule has 0 amide bonds. The number of aliphatic imine (C=N–C) groups is 1. The average molecular weight is 402 g/mol. The van der Waals surface area contributed by atoms with Gasteiger partial charge in [-0.2, -0.15) is 0 Å². The van der Waals surface area contributed by atoms with Crippen LogP contribution < -0.4 is 0 Å². The largest absolute Gasteiger partial charge is 0.265 e. The number of thiazole rings is 1. The summed E-state index contributed by atoms with van der Waals surface area (Å²) in [5.74, 6) is 0.711. The minimum Gasteiger partial charge on any atom is -0.265 e. The molecule has 0 saturated heterocycles. The Labute approximate surface area is 163 Å². The van der Waals surface area contributed by atoms with Gasteiger partial charge in [0.05, 0.1) is 15.0 Å². The molecular weight excluding hydrogens is 382 g/mol. The number of hydrogen-bond donors (Lipinski definition) is 0. The van der Waals surface area contributed by atoms with E-state index in [0.29, 0.717) is 5.75 Å². The zero-order chi connectivity index (χ0) is 18.1. The van der Waals surface area contributed by atoms with Gasteiger partial charge in [-0.25, -0.2) is 9.97 Å². The van der Waals surface area contributed by atoms with Crippen LogP contribution >= 0.6 is 22.7 Å². The Kier molecular flexibility index (Phi) is 5.11. The molecule has 0 bridgehead atoms. The van der Waals surface area contributed by atoms with Crippen molar-refractivity contribution in [1.82, 2.24) is 9.97 Å².